The van der Waals surface area contributed by atoms with E-state index in [1.54, 1.807) is 0 Å². The molecule has 0 bridgehead atoms. The van der Waals surface area contributed by atoms with Crippen molar-refractivity contribution in [2.75, 3.05) is 0 Å². The lowest BCUT2D eigenvalue weighted by molar-refractivity contribution is 1.08. The highest BCUT2D eigenvalue weighted by Gasteiger charge is 2.25. The van der Waals surface area contributed by atoms with Gasteiger partial charge in [0.05, 0.1) is 38.6 Å². The number of hydrogen-bond donors (Lipinski definition) is 0. The van der Waals surface area contributed by atoms with E-state index in [9.17, 15) is 0 Å². The molecule has 0 aliphatic rings. The van der Waals surface area contributed by atoms with Crippen molar-refractivity contribution in [1.29, 1.82) is 0 Å². The second kappa shape index (κ2) is 9.94. The zero-order valence-electron chi connectivity index (χ0n) is 28.2. The maximum atomic E-state index is 5.72. The van der Waals surface area contributed by atoms with Crippen LogP contribution in [-0.2, 0) is 0 Å². The van der Waals surface area contributed by atoms with Gasteiger partial charge in [-0.1, -0.05) is 115 Å². The number of aromatic nitrogens is 4. The highest BCUT2D eigenvalue weighted by molar-refractivity contribution is 7.25. The van der Waals surface area contributed by atoms with Gasteiger partial charge in [0.1, 0.15) is 5.69 Å². The highest BCUT2D eigenvalue weighted by atomic mass is 32.1. The van der Waals surface area contributed by atoms with E-state index < -0.39 is 0 Å². The molecule has 0 radical (unpaired) electrons. The van der Waals surface area contributed by atoms with Crippen LogP contribution in [0.2, 0.25) is 0 Å². The van der Waals surface area contributed by atoms with Crippen LogP contribution in [0.5, 0.6) is 0 Å². The van der Waals surface area contributed by atoms with Gasteiger partial charge in [-0.25, -0.2) is 9.97 Å². The Hall–Kier alpha value is -6.82. The number of hydrogen-bond acceptors (Lipinski definition) is 3. The van der Waals surface area contributed by atoms with Crippen LogP contribution >= 0.6 is 11.3 Å². The Morgan fingerprint density at radius 1 is 0.415 bits per heavy atom. The van der Waals surface area contributed by atoms with Crippen LogP contribution in [0.25, 0.3) is 119 Å². The van der Waals surface area contributed by atoms with Gasteiger partial charge in [-0.2, -0.15) is 0 Å². The summed E-state index contributed by atoms with van der Waals surface area (Å²) in [5.41, 5.74) is 9.64. The Labute approximate surface area is 305 Å². The molecule has 5 heterocycles. The van der Waals surface area contributed by atoms with Crippen molar-refractivity contribution in [2.45, 2.75) is 0 Å². The van der Waals surface area contributed by atoms with Crippen LogP contribution in [0.1, 0.15) is 0 Å². The monoisotopic (exact) mass is 690 g/mol. The maximum absolute atomic E-state index is 5.72. The molecular formula is C48H26N4S. The first kappa shape index (κ1) is 27.8. The van der Waals surface area contributed by atoms with Gasteiger partial charge in [0.2, 0.25) is 0 Å². The fourth-order valence-electron chi connectivity index (χ4n) is 9.30. The Morgan fingerprint density at radius 3 is 1.98 bits per heavy atom. The van der Waals surface area contributed by atoms with Gasteiger partial charge >= 0.3 is 0 Å². The summed E-state index contributed by atoms with van der Waals surface area (Å²) in [4.78, 5) is 11.3. The second-order valence-electron chi connectivity index (χ2n) is 14.1. The quantitative estimate of drug-likeness (QED) is 0.169. The van der Waals surface area contributed by atoms with Crippen LogP contribution in [0, 0.1) is 0 Å². The molecule has 0 N–H and O–H groups in total. The Bertz CT molecular complexity index is 3700. The van der Waals surface area contributed by atoms with Crippen LogP contribution in [0.3, 0.4) is 0 Å². The molecule has 244 valence electrons. The summed E-state index contributed by atoms with van der Waals surface area (Å²) in [6, 6.07) is 57.3. The number of para-hydroxylation sites is 2. The number of thiophene rings is 1. The van der Waals surface area contributed by atoms with E-state index in [0.717, 1.165) is 49.9 Å². The molecule has 0 amide bonds. The fourth-order valence-corrected chi connectivity index (χ4v) is 10.4. The summed E-state index contributed by atoms with van der Waals surface area (Å²) in [6.07, 6.45) is 0. The summed E-state index contributed by atoms with van der Waals surface area (Å²) < 4.78 is 7.40. The Balaban J connectivity index is 1.27. The minimum Gasteiger partial charge on any atom is -0.308 e. The van der Waals surface area contributed by atoms with E-state index in [0.29, 0.717) is 0 Å². The maximum Gasteiger partial charge on any atom is 0.165 e. The number of fused-ring (bicyclic) bond motifs is 11. The number of rotatable bonds is 2. The van der Waals surface area contributed by atoms with Gasteiger partial charge in [0.25, 0.3) is 0 Å². The molecule has 0 aliphatic heterocycles. The lowest BCUT2D eigenvalue weighted by Crippen LogP contribution is -2.04. The predicted octanol–water partition coefficient (Wildman–Crippen LogP) is 13.1. The van der Waals surface area contributed by atoms with Crippen molar-refractivity contribution < 1.29 is 0 Å². The largest absolute Gasteiger partial charge is 0.308 e. The summed E-state index contributed by atoms with van der Waals surface area (Å²) in [5, 5.41) is 12.2. The number of nitrogens with zero attached hydrogens (tertiary/aromatic N) is 4. The van der Waals surface area contributed by atoms with E-state index in [1.165, 1.54) is 69.0 Å². The van der Waals surface area contributed by atoms with Crippen LogP contribution < -0.4 is 0 Å². The molecule has 53 heavy (non-hydrogen) atoms. The van der Waals surface area contributed by atoms with E-state index in [-0.39, 0.29) is 0 Å². The minimum atomic E-state index is 0.835. The third kappa shape index (κ3) is 3.50. The molecular weight excluding hydrogens is 665 g/mol. The second-order valence-corrected chi connectivity index (χ2v) is 15.2. The zero-order chi connectivity index (χ0) is 34.4. The lowest BCUT2D eigenvalue weighted by Gasteiger charge is -2.16. The fraction of sp³-hybridized carbons (Fsp3) is 0. The average Bonchev–Trinajstić information content (AvgIpc) is 3.85. The Kier molecular flexibility index (Phi) is 5.22. The molecule has 13 aromatic rings. The highest BCUT2D eigenvalue weighted by Crippen LogP contribution is 2.46. The molecule has 0 spiro atoms. The molecule has 0 fully saturated rings. The summed E-state index contributed by atoms with van der Waals surface area (Å²) >= 11 is 1.83. The molecule has 13 rings (SSSR count). The average molecular weight is 691 g/mol. The van der Waals surface area contributed by atoms with E-state index in [4.69, 9.17) is 9.97 Å². The van der Waals surface area contributed by atoms with Crippen molar-refractivity contribution in [3.05, 3.63) is 158 Å². The molecule has 5 heteroatoms. The molecule has 0 aliphatic carbocycles. The molecule has 0 saturated carbocycles. The van der Waals surface area contributed by atoms with Gasteiger partial charge in [0.15, 0.2) is 5.82 Å². The van der Waals surface area contributed by atoms with Crippen LogP contribution in [0.4, 0.5) is 0 Å². The van der Waals surface area contributed by atoms with Gasteiger partial charge in [-0.15, -0.1) is 11.3 Å². The van der Waals surface area contributed by atoms with Gasteiger partial charge in [0, 0.05) is 58.1 Å². The minimum absolute atomic E-state index is 0.835. The van der Waals surface area contributed by atoms with Gasteiger partial charge in [-0.3, -0.25) is 4.57 Å². The smallest absolute Gasteiger partial charge is 0.165 e. The third-order valence-electron chi connectivity index (χ3n) is 11.4. The molecule has 0 unspecified atom stereocenters. The SMILES string of the molecule is c1ccc2c(c1)ccc1nc(-c3cccc4sc5ccccc5c34)c(-n3c4cccc5c6cccc7c8ccccc8n(c8cccc3c8c54)c67)nc12. The zero-order valence-corrected chi connectivity index (χ0v) is 29.0. The standard InChI is InChI=1S/C48H26N4S/c1-2-12-28-27(11-1)25-26-35-45(28)50-48(46(49-35)34-18-9-24-41-42(34)33-14-4-6-23-40(33)53-41)52-37-20-8-15-30-32-17-7-16-31-29-13-3-5-19-36(29)51(47(31)32)38-21-10-22-39(52)44(38)43(30)37/h1-26H. The van der Waals surface area contributed by atoms with Crippen LogP contribution in [-0.4, -0.2) is 18.9 Å². The van der Waals surface area contributed by atoms with E-state index in [1.807, 2.05) is 11.3 Å². The van der Waals surface area contributed by atoms with Gasteiger partial charge in [-0.05, 0) is 53.2 Å². The van der Waals surface area contributed by atoms with Crippen molar-refractivity contribution in [3.63, 3.8) is 0 Å². The predicted molar refractivity (Wildman–Crippen MR) is 224 cm³/mol. The van der Waals surface area contributed by atoms with E-state index in [2.05, 4.69) is 167 Å². The van der Waals surface area contributed by atoms with Crippen molar-refractivity contribution in [3.8, 4) is 17.1 Å². The topological polar surface area (TPSA) is 35.1 Å². The van der Waals surface area contributed by atoms with Crippen molar-refractivity contribution in [1.82, 2.24) is 18.9 Å². The first-order valence-electron chi connectivity index (χ1n) is 18.0. The summed E-state index contributed by atoms with van der Waals surface area (Å²) in [7, 11) is 0. The van der Waals surface area contributed by atoms with Crippen LogP contribution in [0.15, 0.2) is 158 Å². The summed E-state index contributed by atoms with van der Waals surface area (Å²) in [6.45, 7) is 0. The lowest BCUT2D eigenvalue weighted by atomic mass is 10.0. The summed E-state index contributed by atoms with van der Waals surface area (Å²) in [5.74, 6) is 0.835. The molecule has 5 aromatic heterocycles. The third-order valence-corrected chi connectivity index (χ3v) is 12.6. The molecule has 4 nitrogen and oxygen atoms in total. The van der Waals surface area contributed by atoms with E-state index >= 15 is 0 Å². The molecule has 8 aromatic carbocycles. The first-order valence-corrected chi connectivity index (χ1v) is 18.8. The molecule has 0 saturated heterocycles. The normalized spacial score (nSPS) is 12.5. The van der Waals surface area contributed by atoms with Gasteiger partial charge < -0.3 is 4.40 Å². The number of benzene rings is 8. The Morgan fingerprint density at radius 2 is 1.06 bits per heavy atom. The molecule has 0 atom stereocenters. The van der Waals surface area contributed by atoms with Crippen molar-refractivity contribution in [2.24, 2.45) is 0 Å². The van der Waals surface area contributed by atoms with Crippen molar-refractivity contribution >= 4 is 113 Å². The first-order chi connectivity index (χ1) is 26.3.